The fraction of sp³-hybridized carbons (Fsp3) is 0.500. The van der Waals surface area contributed by atoms with Crippen LogP contribution in [0.3, 0.4) is 0 Å². The lowest BCUT2D eigenvalue weighted by Crippen LogP contribution is -2.36. The lowest BCUT2D eigenvalue weighted by atomic mass is 10.3. The third kappa shape index (κ3) is 4.47. The van der Waals surface area contributed by atoms with Gasteiger partial charge in [0.2, 0.25) is 15.2 Å². The summed E-state index contributed by atoms with van der Waals surface area (Å²) in [4.78, 5) is 10.3. The van der Waals surface area contributed by atoms with E-state index in [1.54, 1.807) is 41.3 Å². The van der Waals surface area contributed by atoms with Crippen LogP contribution in [0.5, 0.6) is 0 Å². The molecule has 1 aliphatic heterocycles. The number of thioether (sulfide) groups is 1. The van der Waals surface area contributed by atoms with Crippen molar-refractivity contribution in [1.29, 1.82) is 0 Å². The van der Waals surface area contributed by atoms with Crippen LogP contribution >= 0.6 is 23.1 Å². The third-order valence-corrected chi connectivity index (χ3v) is 9.03. The number of nitrogens with one attached hydrogen (secondary N) is 1. The number of ether oxygens (including phenoxy) is 1. The van der Waals surface area contributed by atoms with E-state index < -0.39 is 10.0 Å². The SMILES string of the molecule is CCN(CC)S(=O)(=O)c1ccc2nc(CSc3nnc(N4CCOCC4)s3)[nH]c2c1. The predicted molar refractivity (Wildman–Crippen MR) is 119 cm³/mol. The van der Waals surface area contributed by atoms with Crippen LogP contribution in [-0.2, 0) is 20.5 Å². The summed E-state index contributed by atoms with van der Waals surface area (Å²) in [6.07, 6.45) is 0. The number of H-pyrrole nitrogens is 1. The zero-order valence-electron chi connectivity index (χ0n) is 16.9. The summed E-state index contributed by atoms with van der Waals surface area (Å²) in [6.45, 7) is 7.65. The molecule has 3 heterocycles. The van der Waals surface area contributed by atoms with Crippen LogP contribution in [0.2, 0.25) is 0 Å². The van der Waals surface area contributed by atoms with E-state index in [-0.39, 0.29) is 4.90 Å². The van der Waals surface area contributed by atoms with Gasteiger partial charge in [0.1, 0.15) is 5.82 Å². The third-order valence-electron chi connectivity index (χ3n) is 4.86. The maximum Gasteiger partial charge on any atom is 0.243 e. The fourth-order valence-corrected chi connectivity index (χ4v) is 6.50. The zero-order valence-corrected chi connectivity index (χ0v) is 19.3. The van der Waals surface area contributed by atoms with Crippen molar-refractivity contribution in [1.82, 2.24) is 24.5 Å². The second kappa shape index (κ2) is 9.18. The highest BCUT2D eigenvalue weighted by molar-refractivity contribution is 8.00. The Morgan fingerprint density at radius 3 is 2.73 bits per heavy atom. The smallest absolute Gasteiger partial charge is 0.243 e. The molecule has 0 bridgehead atoms. The van der Waals surface area contributed by atoms with Crippen molar-refractivity contribution in [3.63, 3.8) is 0 Å². The first kappa shape index (κ1) is 21.5. The molecule has 0 aliphatic carbocycles. The standard InChI is InChI=1S/C18H24N6O3S3/c1-3-24(4-2)30(25,26)13-5-6-14-15(11-13)20-16(19-14)12-28-18-22-21-17(29-18)23-7-9-27-10-8-23/h5-6,11H,3-4,7-10,12H2,1-2H3,(H,19,20). The predicted octanol–water partition coefficient (Wildman–Crippen LogP) is 2.57. The molecule has 4 rings (SSSR count). The van der Waals surface area contributed by atoms with E-state index >= 15 is 0 Å². The van der Waals surface area contributed by atoms with Crippen LogP contribution in [-0.4, -0.2) is 72.3 Å². The van der Waals surface area contributed by atoms with Crippen LogP contribution in [0.1, 0.15) is 19.7 Å². The van der Waals surface area contributed by atoms with Gasteiger partial charge < -0.3 is 14.6 Å². The van der Waals surface area contributed by atoms with Crippen molar-refractivity contribution >= 4 is 49.3 Å². The summed E-state index contributed by atoms with van der Waals surface area (Å²) in [5.74, 6) is 1.38. The number of hydrogen-bond donors (Lipinski definition) is 1. The molecular formula is C18H24N6O3S3. The van der Waals surface area contributed by atoms with Gasteiger partial charge in [-0.05, 0) is 18.2 Å². The number of fused-ring (bicyclic) bond motifs is 1. The first-order valence-corrected chi connectivity index (χ1v) is 13.0. The summed E-state index contributed by atoms with van der Waals surface area (Å²) in [5, 5.41) is 9.46. The van der Waals surface area contributed by atoms with E-state index in [0.717, 1.165) is 33.9 Å². The first-order chi connectivity index (χ1) is 14.5. The van der Waals surface area contributed by atoms with Crippen LogP contribution in [0.15, 0.2) is 27.4 Å². The highest BCUT2D eigenvalue weighted by Crippen LogP contribution is 2.30. The summed E-state index contributed by atoms with van der Waals surface area (Å²) >= 11 is 3.13. The molecule has 0 spiro atoms. The van der Waals surface area contributed by atoms with Crippen LogP contribution in [0.25, 0.3) is 11.0 Å². The second-order valence-corrected chi connectivity index (χ2v) is 10.8. The van der Waals surface area contributed by atoms with Gasteiger partial charge in [-0.1, -0.05) is 36.9 Å². The molecule has 0 atom stereocenters. The molecule has 2 aromatic heterocycles. The average molecular weight is 469 g/mol. The molecular weight excluding hydrogens is 444 g/mol. The van der Waals surface area contributed by atoms with Gasteiger partial charge in [-0.3, -0.25) is 0 Å². The van der Waals surface area contributed by atoms with Crippen molar-refractivity contribution in [2.45, 2.75) is 28.8 Å². The van der Waals surface area contributed by atoms with Crippen molar-refractivity contribution < 1.29 is 13.2 Å². The normalized spacial score (nSPS) is 15.4. The molecule has 30 heavy (non-hydrogen) atoms. The van der Waals surface area contributed by atoms with Gasteiger partial charge in [-0.25, -0.2) is 13.4 Å². The fourth-order valence-electron chi connectivity index (χ4n) is 3.26. The largest absolute Gasteiger partial charge is 0.378 e. The number of nitrogens with zero attached hydrogens (tertiary/aromatic N) is 5. The first-order valence-electron chi connectivity index (χ1n) is 9.79. The van der Waals surface area contributed by atoms with Gasteiger partial charge in [0.25, 0.3) is 0 Å². The Bertz CT molecular complexity index is 1100. The summed E-state index contributed by atoms with van der Waals surface area (Å²) in [5.41, 5.74) is 1.46. The Hall–Kier alpha value is -1.73. The van der Waals surface area contributed by atoms with E-state index in [4.69, 9.17) is 4.74 Å². The maximum atomic E-state index is 12.8. The Morgan fingerprint density at radius 1 is 1.23 bits per heavy atom. The van der Waals surface area contributed by atoms with Crippen molar-refractivity contribution in [2.24, 2.45) is 0 Å². The highest BCUT2D eigenvalue weighted by Gasteiger charge is 2.22. The number of aromatic nitrogens is 4. The Labute approximate surface area is 183 Å². The van der Waals surface area contributed by atoms with Gasteiger partial charge in [-0.2, -0.15) is 4.31 Å². The number of rotatable bonds is 8. The Kier molecular flexibility index (Phi) is 6.58. The number of hydrogen-bond acceptors (Lipinski definition) is 9. The summed E-state index contributed by atoms with van der Waals surface area (Å²) < 4.78 is 33.2. The maximum absolute atomic E-state index is 12.8. The Morgan fingerprint density at radius 2 is 2.00 bits per heavy atom. The molecule has 0 radical (unpaired) electrons. The van der Waals surface area contributed by atoms with Crippen LogP contribution in [0.4, 0.5) is 5.13 Å². The van der Waals surface area contributed by atoms with Crippen molar-refractivity contribution in [3.05, 3.63) is 24.0 Å². The summed E-state index contributed by atoms with van der Waals surface area (Å²) in [7, 11) is -3.50. The van der Waals surface area contributed by atoms with Crippen LogP contribution < -0.4 is 4.90 Å². The minimum Gasteiger partial charge on any atom is -0.378 e. The van der Waals surface area contributed by atoms with Crippen molar-refractivity contribution in [2.75, 3.05) is 44.3 Å². The van der Waals surface area contributed by atoms with Gasteiger partial charge in [0.05, 0.1) is 34.9 Å². The van der Waals surface area contributed by atoms with E-state index in [1.807, 2.05) is 13.8 Å². The molecule has 0 unspecified atom stereocenters. The molecule has 1 aliphatic rings. The molecule has 1 fully saturated rings. The molecule has 9 nitrogen and oxygen atoms in total. The van der Waals surface area contributed by atoms with Gasteiger partial charge in [0.15, 0.2) is 4.34 Å². The van der Waals surface area contributed by atoms with E-state index in [9.17, 15) is 8.42 Å². The second-order valence-electron chi connectivity index (χ2n) is 6.69. The molecule has 162 valence electrons. The summed E-state index contributed by atoms with van der Waals surface area (Å²) in [6, 6.07) is 5.02. The van der Waals surface area contributed by atoms with Gasteiger partial charge in [0, 0.05) is 26.2 Å². The lowest BCUT2D eigenvalue weighted by molar-refractivity contribution is 0.122. The van der Waals surface area contributed by atoms with E-state index in [1.165, 1.54) is 4.31 Å². The Balaban J connectivity index is 1.46. The number of aromatic amines is 1. The topological polar surface area (TPSA) is 104 Å². The zero-order chi connectivity index (χ0) is 21.1. The highest BCUT2D eigenvalue weighted by atomic mass is 32.2. The number of anilines is 1. The number of benzene rings is 1. The van der Waals surface area contributed by atoms with E-state index in [0.29, 0.717) is 37.6 Å². The quantitative estimate of drug-likeness (QED) is 0.503. The molecule has 1 saturated heterocycles. The lowest BCUT2D eigenvalue weighted by Gasteiger charge is -2.25. The van der Waals surface area contributed by atoms with Gasteiger partial charge >= 0.3 is 0 Å². The minimum absolute atomic E-state index is 0.279. The molecule has 1 N–H and O–H groups in total. The monoisotopic (exact) mass is 468 g/mol. The van der Waals surface area contributed by atoms with Gasteiger partial charge in [-0.15, -0.1) is 10.2 Å². The number of sulfonamides is 1. The van der Waals surface area contributed by atoms with E-state index in [2.05, 4.69) is 25.1 Å². The molecule has 0 saturated carbocycles. The van der Waals surface area contributed by atoms with Crippen molar-refractivity contribution in [3.8, 4) is 0 Å². The minimum atomic E-state index is -3.50. The number of morpholine rings is 1. The number of imidazole rings is 1. The molecule has 1 aromatic carbocycles. The van der Waals surface area contributed by atoms with Crippen LogP contribution in [0, 0.1) is 0 Å². The molecule has 12 heteroatoms. The molecule has 3 aromatic rings. The molecule has 0 amide bonds. The average Bonchev–Trinajstić information content (AvgIpc) is 3.39.